The standard InChI is InChI=1S/C60H34N6O3/c1-3-11-37-27-41-29-43(19-17-39(41)25-35(37)9-1)65(45-21-23-49-47-13-5-7-15-52(47)67-54(49)31-45)56-34-61-57-51-33-62-60(64-58(51)69-59(57)63-56)66(46-22-24-50-48-14-6-8-16-53(48)68-55(50)32-46)44-20-18-40-26-36-10-2-4-12-38(36)28-42(40)30-44/h1-34H. The zero-order valence-electron chi connectivity index (χ0n) is 36.5. The first-order chi connectivity index (χ1) is 34.1. The predicted molar refractivity (Wildman–Crippen MR) is 279 cm³/mol. The van der Waals surface area contributed by atoms with Crippen LogP contribution in [0.4, 0.5) is 34.5 Å². The van der Waals surface area contributed by atoms with Crippen molar-refractivity contribution in [3.8, 4) is 0 Å². The van der Waals surface area contributed by atoms with E-state index in [-0.39, 0.29) is 0 Å². The lowest BCUT2D eigenvalue weighted by Gasteiger charge is -2.24. The van der Waals surface area contributed by atoms with E-state index in [0.29, 0.717) is 34.1 Å². The van der Waals surface area contributed by atoms with E-state index in [2.05, 4.69) is 157 Å². The van der Waals surface area contributed by atoms with Crippen LogP contribution < -0.4 is 9.80 Å². The van der Waals surface area contributed by atoms with Gasteiger partial charge in [0.25, 0.3) is 0 Å². The molecule has 15 aromatic rings. The number of nitrogens with zero attached hydrogens (tertiary/aromatic N) is 6. The average molecular weight is 887 g/mol. The van der Waals surface area contributed by atoms with E-state index < -0.39 is 0 Å². The van der Waals surface area contributed by atoms with Crippen LogP contribution in [0.5, 0.6) is 0 Å². The van der Waals surface area contributed by atoms with Gasteiger partial charge in [0, 0.05) is 51.2 Å². The van der Waals surface area contributed by atoms with Crippen LogP contribution in [-0.4, -0.2) is 19.9 Å². The second kappa shape index (κ2) is 14.4. The first kappa shape index (κ1) is 37.6. The molecule has 0 aliphatic rings. The van der Waals surface area contributed by atoms with Gasteiger partial charge in [-0.05, 0) is 128 Å². The molecule has 0 unspecified atom stereocenters. The Kier molecular flexibility index (Phi) is 7.87. The highest BCUT2D eigenvalue weighted by Crippen LogP contribution is 2.42. The first-order valence-corrected chi connectivity index (χ1v) is 22.8. The van der Waals surface area contributed by atoms with E-state index in [9.17, 15) is 0 Å². The van der Waals surface area contributed by atoms with Crippen molar-refractivity contribution in [1.82, 2.24) is 19.9 Å². The molecule has 0 saturated heterocycles. The van der Waals surface area contributed by atoms with Gasteiger partial charge in [-0.1, -0.05) is 97.1 Å². The Balaban J connectivity index is 0.887. The van der Waals surface area contributed by atoms with E-state index in [1.54, 1.807) is 12.4 Å². The molecule has 0 aliphatic carbocycles. The Morgan fingerprint density at radius 1 is 0.304 bits per heavy atom. The molecule has 0 fully saturated rings. The molecule has 10 aromatic carbocycles. The molecule has 5 aromatic heterocycles. The molecule has 0 atom stereocenters. The average Bonchev–Trinajstić information content (AvgIpc) is 4.08. The SMILES string of the molecule is c1ccc2cc3cc(N(c4ccc5c(c4)oc4ccccc45)c4cnc5c(n4)oc4nc(N(c6ccc7cc8ccccc8cc7c6)c6ccc7c(c6)oc6ccccc67)ncc45)ccc3cc2c1. The van der Waals surface area contributed by atoms with E-state index in [1.807, 2.05) is 47.4 Å². The van der Waals surface area contributed by atoms with Gasteiger partial charge in [0.2, 0.25) is 17.4 Å². The minimum absolute atomic E-state index is 0.336. The maximum atomic E-state index is 6.62. The number of rotatable bonds is 6. The molecular formula is C60H34N6O3. The molecule has 9 nitrogen and oxygen atoms in total. The van der Waals surface area contributed by atoms with Gasteiger partial charge >= 0.3 is 0 Å². The van der Waals surface area contributed by atoms with Crippen LogP contribution in [0.25, 0.3) is 109 Å². The van der Waals surface area contributed by atoms with Gasteiger partial charge in [-0.3, -0.25) is 9.80 Å². The Morgan fingerprint density at radius 2 is 0.768 bits per heavy atom. The topological polar surface area (TPSA) is 97.5 Å². The van der Waals surface area contributed by atoms with Crippen molar-refractivity contribution in [3.63, 3.8) is 0 Å². The molecule has 5 heterocycles. The maximum absolute atomic E-state index is 6.62. The summed E-state index contributed by atoms with van der Waals surface area (Å²) in [6.07, 6.45) is 3.56. The van der Waals surface area contributed by atoms with Gasteiger partial charge in [0.05, 0.1) is 23.0 Å². The molecule has 0 aliphatic heterocycles. The number of fused-ring (bicyclic) bond motifs is 13. The van der Waals surface area contributed by atoms with Crippen LogP contribution in [-0.2, 0) is 0 Å². The molecule has 322 valence electrons. The summed E-state index contributed by atoms with van der Waals surface area (Å²) in [7, 11) is 0. The van der Waals surface area contributed by atoms with Gasteiger partial charge in [0.1, 0.15) is 27.8 Å². The number of benzene rings is 10. The van der Waals surface area contributed by atoms with Crippen molar-refractivity contribution in [3.05, 3.63) is 207 Å². The Morgan fingerprint density at radius 3 is 1.36 bits per heavy atom. The normalized spacial score (nSPS) is 12.1. The third-order valence-electron chi connectivity index (χ3n) is 13.5. The highest BCUT2D eigenvalue weighted by molar-refractivity contribution is 6.08. The van der Waals surface area contributed by atoms with Crippen molar-refractivity contribution >= 4 is 144 Å². The van der Waals surface area contributed by atoms with E-state index in [1.165, 1.54) is 21.5 Å². The van der Waals surface area contributed by atoms with Gasteiger partial charge in [-0.15, -0.1) is 0 Å². The smallest absolute Gasteiger partial charge is 0.250 e. The molecule has 15 rings (SSSR count). The summed E-state index contributed by atoms with van der Waals surface area (Å²) in [5.41, 5.74) is 7.93. The lowest BCUT2D eigenvalue weighted by atomic mass is 10.0. The third kappa shape index (κ3) is 5.97. The summed E-state index contributed by atoms with van der Waals surface area (Å²) in [5.74, 6) is 0.983. The summed E-state index contributed by atoms with van der Waals surface area (Å²) in [6, 6.07) is 67.4. The summed E-state index contributed by atoms with van der Waals surface area (Å²) in [6.45, 7) is 0. The predicted octanol–water partition coefficient (Wildman–Crippen LogP) is 16.5. The lowest BCUT2D eigenvalue weighted by Crippen LogP contribution is -2.13. The number of hydrogen-bond donors (Lipinski definition) is 0. The fourth-order valence-corrected chi connectivity index (χ4v) is 10.2. The number of aromatic nitrogens is 4. The van der Waals surface area contributed by atoms with Gasteiger partial charge < -0.3 is 13.3 Å². The minimum Gasteiger partial charge on any atom is -0.456 e. The van der Waals surface area contributed by atoms with Crippen LogP contribution in [0.3, 0.4) is 0 Å². The van der Waals surface area contributed by atoms with Gasteiger partial charge in [-0.25, -0.2) is 9.97 Å². The van der Waals surface area contributed by atoms with Gasteiger partial charge in [0.15, 0.2) is 5.82 Å². The third-order valence-corrected chi connectivity index (χ3v) is 13.5. The molecular weight excluding hydrogens is 853 g/mol. The quantitative estimate of drug-likeness (QED) is 0.151. The Hall–Kier alpha value is -9.60. The Labute approximate surface area is 391 Å². The van der Waals surface area contributed by atoms with Gasteiger partial charge in [-0.2, -0.15) is 9.97 Å². The minimum atomic E-state index is 0.336. The summed E-state index contributed by atoms with van der Waals surface area (Å²) in [4.78, 5) is 24.5. The van der Waals surface area contributed by atoms with Crippen molar-refractivity contribution in [2.75, 3.05) is 9.80 Å². The molecule has 69 heavy (non-hydrogen) atoms. The van der Waals surface area contributed by atoms with Crippen molar-refractivity contribution in [1.29, 1.82) is 0 Å². The monoisotopic (exact) mass is 886 g/mol. The zero-order valence-corrected chi connectivity index (χ0v) is 36.5. The largest absolute Gasteiger partial charge is 0.456 e. The molecule has 0 spiro atoms. The molecule has 0 saturated carbocycles. The number of anilines is 6. The number of para-hydroxylation sites is 2. The van der Waals surface area contributed by atoms with Crippen LogP contribution in [0.15, 0.2) is 220 Å². The fourth-order valence-electron chi connectivity index (χ4n) is 10.2. The summed E-state index contributed by atoms with van der Waals surface area (Å²) < 4.78 is 19.4. The lowest BCUT2D eigenvalue weighted by molar-refractivity contribution is 0.638. The number of hydrogen-bond acceptors (Lipinski definition) is 9. The maximum Gasteiger partial charge on any atom is 0.250 e. The van der Waals surface area contributed by atoms with Crippen molar-refractivity contribution < 1.29 is 13.3 Å². The van der Waals surface area contributed by atoms with Crippen LogP contribution in [0.1, 0.15) is 0 Å². The molecule has 0 radical (unpaired) electrons. The summed E-state index contributed by atoms with van der Waals surface area (Å²) in [5, 5.41) is 14.0. The molecule has 0 amide bonds. The first-order valence-electron chi connectivity index (χ1n) is 22.8. The van der Waals surface area contributed by atoms with Crippen LogP contribution >= 0.6 is 0 Å². The fraction of sp³-hybridized carbons (Fsp3) is 0. The van der Waals surface area contributed by atoms with Crippen LogP contribution in [0.2, 0.25) is 0 Å². The molecule has 9 heteroatoms. The van der Waals surface area contributed by atoms with E-state index >= 15 is 0 Å². The Bertz CT molecular complexity index is 4320. The number of furan rings is 3. The van der Waals surface area contributed by atoms with E-state index in [4.69, 9.17) is 33.2 Å². The molecule has 0 bridgehead atoms. The highest BCUT2D eigenvalue weighted by Gasteiger charge is 2.24. The van der Waals surface area contributed by atoms with Crippen molar-refractivity contribution in [2.45, 2.75) is 0 Å². The van der Waals surface area contributed by atoms with Crippen molar-refractivity contribution in [2.24, 2.45) is 0 Å². The second-order valence-corrected chi connectivity index (χ2v) is 17.6. The van der Waals surface area contributed by atoms with Crippen LogP contribution in [0, 0.1) is 0 Å². The zero-order chi connectivity index (χ0) is 45.2. The summed E-state index contributed by atoms with van der Waals surface area (Å²) >= 11 is 0. The van der Waals surface area contributed by atoms with E-state index in [0.717, 1.165) is 88.2 Å². The molecule has 0 N–H and O–H groups in total. The highest BCUT2D eigenvalue weighted by atomic mass is 16.4. The second-order valence-electron chi connectivity index (χ2n) is 17.6.